The highest BCUT2D eigenvalue weighted by atomic mass is 35.5. The maximum atomic E-state index is 13.0. The quantitative estimate of drug-likeness (QED) is 0.346. The topological polar surface area (TPSA) is 112 Å². The Morgan fingerprint density at radius 2 is 1.90 bits per heavy atom. The molecule has 4 rings (SSSR count). The second kappa shape index (κ2) is 7.84. The number of nitrogens with zero attached hydrogens (tertiary/aromatic N) is 3. The molecule has 0 aliphatic carbocycles. The van der Waals surface area contributed by atoms with Crippen LogP contribution in [0.1, 0.15) is 11.3 Å². The first-order chi connectivity index (χ1) is 14.4. The number of rotatable bonds is 4. The van der Waals surface area contributed by atoms with Crippen LogP contribution in [-0.2, 0) is 0 Å². The highest BCUT2D eigenvalue weighted by Crippen LogP contribution is 2.26. The molecule has 30 heavy (non-hydrogen) atoms. The number of anilines is 1. The fourth-order valence-corrected chi connectivity index (χ4v) is 3.32. The Labute approximate surface area is 175 Å². The number of hydrazone groups is 1. The zero-order chi connectivity index (χ0) is 21.3. The van der Waals surface area contributed by atoms with Gasteiger partial charge in [-0.25, -0.2) is 15.0 Å². The Kier molecular flexibility index (Phi) is 5.07. The number of benzene rings is 2. The van der Waals surface area contributed by atoms with Crippen molar-refractivity contribution in [3.8, 4) is 11.6 Å². The molecule has 0 saturated carbocycles. The summed E-state index contributed by atoms with van der Waals surface area (Å²) in [5, 5.41) is 16.4. The number of pyridine rings is 1. The average Bonchev–Trinajstić information content (AvgIpc) is 2.70. The number of aromatic hydroxyl groups is 1. The lowest BCUT2D eigenvalue weighted by Crippen LogP contribution is -2.20. The fourth-order valence-electron chi connectivity index (χ4n) is 3.13. The van der Waals surface area contributed by atoms with Crippen LogP contribution < -0.4 is 16.5 Å². The predicted octanol–water partition coefficient (Wildman–Crippen LogP) is 3.19. The van der Waals surface area contributed by atoms with E-state index in [1.54, 1.807) is 55.5 Å². The molecule has 0 aliphatic rings. The maximum Gasteiger partial charge on any atom is 0.265 e. The normalized spacial score (nSPS) is 11.3. The van der Waals surface area contributed by atoms with E-state index in [0.717, 1.165) is 0 Å². The van der Waals surface area contributed by atoms with Gasteiger partial charge in [-0.1, -0.05) is 35.9 Å². The number of fused-ring (bicyclic) bond motifs is 1. The van der Waals surface area contributed by atoms with Gasteiger partial charge in [-0.3, -0.25) is 14.6 Å². The second-order valence-electron chi connectivity index (χ2n) is 6.51. The van der Waals surface area contributed by atoms with Crippen LogP contribution in [-0.4, -0.2) is 25.9 Å². The molecule has 9 heteroatoms. The van der Waals surface area contributed by atoms with E-state index >= 15 is 0 Å². The number of halogens is 1. The highest BCUT2D eigenvalue weighted by molar-refractivity contribution is 6.30. The van der Waals surface area contributed by atoms with Crippen LogP contribution in [0.2, 0.25) is 5.02 Å². The predicted molar refractivity (Wildman–Crippen MR) is 117 cm³/mol. The summed E-state index contributed by atoms with van der Waals surface area (Å²) in [6.45, 7) is 1.68. The van der Waals surface area contributed by atoms with Gasteiger partial charge in [0.1, 0.15) is 0 Å². The molecule has 2 aromatic carbocycles. The molecule has 0 fully saturated rings. The van der Waals surface area contributed by atoms with Crippen LogP contribution in [0.3, 0.4) is 0 Å². The summed E-state index contributed by atoms with van der Waals surface area (Å²) < 4.78 is 1.17. The summed E-state index contributed by atoms with van der Waals surface area (Å²) in [7, 11) is 0. The van der Waals surface area contributed by atoms with Crippen molar-refractivity contribution in [3.05, 3.63) is 91.6 Å². The monoisotopic (exact) mass is 421 g/mol. The highest BCUT2D eigenvalue weighted by Gasteiger charge is 2.16. The molecular formula is C21H16ClN5O3. The summed E-state index contributed by atoms with van der Waals surface area (Å²) in [4.78, 5) is 31.2. The van der Waals surface area contributed by atoms with Gasteiger partial charge >= 0.3 is 0 Å². The molecule has 2 aromatic heterocycles. The van der Waals surface area contributed by atoms with Crippen molar-refractivity contribution in [1.29, 1.82) is 0 Å². The molecular weight excluding hydrogens is 406 g/mol. The molecule has 0 unspecified atom stereocenters. The molecule has 3 N–H and O–H groups in total. The number of aromatic nitrogens is 3. The Morgan fingerprint density at radius 3 is 2.63 bits per heavy atom. The summed E-state index contributed by atoms with van der Waals surface area (Å²) in [5.41, 5.74) is 3.19. The SMILES string of the molecule is Cc1cc(=O)[nH]c(NN=Cc2c(O)n(-c3cccc(Cl)c3)c(=O)c3ccccc23)n1. The zero-order valence-electron chi connectivity index (χ0n) is 15.8. The molecule has 0 bridgehead atoms. The van der Waals surface area contributed by atoms with Crippen molar-refractivity contribution in [2.24, 2.45) is 5.10 Å². The summed E-state index contributed by atoms with van der Waals surface area (Å²) in [6.07, 6.45) is 1.36. The van der Waals surface area contributed by atoms with Gasteiger partial charge in [-0.2, -0.15) is 5.10 Å². The van der Waals surface area contributed by atoms with E-state index in [-0.39, 0.29) is 22.9 Å². The lowest BCUT2D eigenvalue weighted by molar-refractivity contribution is 0.436. The zero-order valence-corrected chi connectivity index (χ0v) is 16.5. The van der Waals surface area contributed by atoms with Crippen molar-refractivity contribution < 1.29 is 5.11 Å². The van der Waals surface area contributed by atoms with Crippen molar-refractivity contribution >= 4 is 34.5 Å². The number of aryl methyl sites for hydroxylation is 1. The third kappa shape index (κ3) is 3.68. The largest absolute Gasteiger partial charge is 0.494 e. The van der Waals surface area contributed by atoms with E-state index in [1.807, 2.05) is 0 Å². The molecule has 150 valence electrons. The number of aromatic amines is 1. The minimum Gasteiger partial charge on any atom is -0.494 e. The molecule has 4 aromatic rings. The van der Waals surface area contributed by atoms with Gasteiger partial charge in [0, 0.05) is 27.6 Å². The van der Waals surface area contributed by atoms with Gasteiger partial charge in [0.15, 0.2) is 0 Å². The molecule has 0 radical (unpaired) electrons. The molecule has 0 amide bonds. The average molecular weight is 422 g/mol. The first-order valence-electron chi connectivity index (χ1n) is 8.94. The second-order valence-corrected chi connectivity index (χ2v) is 6.95. The van der Waals surface area contributed by atoms with E-state index in [4.69, 9.17) is 11.6 Å². The van der Waals surface area contributed by atoms with Crippen LogP contribution in [0.5, 0.6) is 5.88 Å². The minimum atomic E-state index is -0.389. The molecule has 8 nitrogen and oxygen atoms in total. The fraction of sp³-hybridized carbons (Fsp3) is 0.0476. The minimum absolute atomic E-state index is 0.156. The van der Waals surface area contributed by atoms with Gasteiger partial charge in [0.05, 0.1) is 17.5 Å². The summed E-state index contributed by atoms with van der Waals surface area (Å²) in [6, 6.07) is 14.9. The number of hydrogen-bond donors (Lipinski definition) is 3. The lowest BCUT2D eigenvalue weighted by atomic mass is 10.1. The Hall–Kier alpha value is -3.91. The standard InChI is InChI=1S/C21H16ClN5O3/c1-12-9-18(28)25-21(24-12)26-23-11-17-15-7-2-3-8-16(15)19(29)27(20(17)30)14-6-4-5-13(22)10-14/h2-11,30H,1H3,(H2,24,25,26,28). The van der Waals surface area contributed by atoms with E-state index in [0.29, 0.717) is 32.7 Å². The molecule has 0 saturated heterocycles. The third-order valence-corrected chi connectivity index (χ3v) is 4.64. The van der Waals surface area contributed by atoms with Crippen LogP contribution in [0.4, 0.5) is 5.95 Å². The maximum absolute atomic E-state index is 13.0. The van der Waals surface area contributed by atoms with Crippen LogP contribution in [0.15, 0.2) is 69.3 Å². The Bertz CT molecular complexity index is 1410. The van der Waals surface area contributed by atoms with E-state index in [9.17, 15) is 14.7 Å². The Morgan fingerprint density at radius 1 is 1.13 bits per heavy atom. The van der Waals surface area contributed by atoms with E-state index < -0.39 is 0 Å². The van der Waals surface area contributed by atoms with Gasteiger partial charge in [-0.05, 0) is 31.2 Å². The van der Waals surface area contributed by atoms with Crippen LogP contribution in [0.25, 0.3) is 16.5 Å². The first kappa shape index (κ1) is 19.4. The van der Waals surface area contributed by atoms with E-state index in [1.165, 1.54) is 16.8 Å². The van der Waals surface area contributed by atoms with Gasteiger partial charge in [0.2, 0.25) is 11.8 Å². The van der Waals surface area contributed by atoms with Gasteiger partial charge < -0.3 is 5.11 Å². The Balaban J connectivity index is 1.86. The third-order valence-electron chi connectivity index (χ3n) is 4.40. The molecule has 0 aliphatic heterocycles. The summed E-state index contributed by atoms with van der Waals surface area (Å²) in [5.74, 6) is -0.139. The van der Waals surface area contributed by atoms with Crippen molar-refractivity contribution in [2.45, 2.75) is 6.92 Å². The van der Waals surface area contributed by atoms with Crippen molar-refractivity contribution in [1.82, 2.24) is 14.5 Å². The van der Waals surface area contributed by atoms with Crippen molar-refractivity contribution in [3.63, 3.8) is 0 Å². The van der Waals surface area contributed by atoms with Crippen LogP contribution >= 0.6 is 11.6 Å². The first-order valence-corrected chi connectivity index (χ1v) is 9.31. The summed E-state index contributed by atoms with van der Waals surface area (Å²) >= 11 is 6.07. The van der Waals surface area contributed by atoms with E-state index in [2.05, 4.69) is 20.5 Å². The van der Waals surface area contributed by atoms with Gasteiger partial charge in [0.25, 0.3) is 11.1 Å². The smallest absolute Gasteiger partial charge is 0.265 e. The van der Waals surface area contributed by atoms with Crippen LogP contribution in [0, 0.1) is 6.92 Å². The molecule has 0 atom stereocenters. The molecule has 0 spiro atoms. The van der Waals surface area contributed by atoms with Gasteiger partial charge in [-0.15, -0.1) is 0 Å². The molecule has 2 heterocycles. The number of hydrogen-bond acceptors (Lipinski definition) is 6. The number of H-pyrrole nitrogens is 1. The number of nitrogens with one attached hydrogen (secondary N) is 2. The lowest BCUT2D eigenvalue weighted by Gasteiger charge is -2.13. The van der Waals surface area contributed by atoms with Crippen molar-refractivity contribution in [2.75, 3.05) is 5.43 Å².